The Labute approximate surface area is 129 Å². The third-order valence-corrected chi connectivity index (χ3v) is 3.95. The molecule has 0 bridgehead atoms. The first-order valence-electron chi connectivity index (χ1n) is 6.66. The minimum absolute atomic E-state index is 0.139. The Morgan fingerprint density at radius 3 is 2.86 bits per heavy atom. The first kappa shape index (κ1) is 14.2. The summed E-state index contributed by atoms with van der Waals surface area (Å²) in [4.78, 5) is 12.2. The number of benzene rings is 1. The molecule has 21 heavy (non-hydrogen) atoms. The van der Waals surface area contributed by atoms with Crippen LogP contribution in [0.1, 0.15) is 16.9 Å². The van der Waals surface area contributed by atoms with Crippen LogP contribution < -0.4 is 10.6 Å². The molecule has 1 fully saturated rings. The molecule has 2 N–H and O–H groups in total. The van der Waals surface area contributed by atoms with Crippen molar-refractivity contribution < 1.29 is 9.18 Å². The van der Waals surface area contributed by atoms with Crippen molar-refractivity contribution in [1.82, 2.24) is 20.4 Å². The van der Waals surface area contributed by atoms with Crippen molar-refractivity contribution in [2.45, 2.75) is 12.5 Å². The third kappa shape index (κ3) is 3.14. The second kappa shape index (κ2) is 5.95. The number of rotatable bonds is 3. The molecular weight excluding hydrogens is 339 g/mol. The molecule has 1 amide bonds. The minimum Gasteiger partial charge on any atom is -0.347 e. The normalized spacial score (nSPS) is 17.9. The van der Waals surface area contributed by atoms with Gasteiger partial charge in [-0.15, -0.1) is 0 Å². The summed E-state index contributed by atoms with van der Waals surface area (Å²) in [5.74, 6) is -0.520. The van der Waals surface area contributed by atoms with E-state index in [9.17, 15) is 9.18 Å². The number of nitrogens with one attached hydrogen (secondary N) is 2. The molecule has 5 nitrogen and oxygen atoms in total. The maximum absolute atomic E-state index is 12.9. The maximum Gasteiger partial charge on any atom is 0.273 e. The van der Waals surface area contributed by atoms with Crippen molar-refractivity contribution in [3.63, 3.8) is 0 Å². The number of hydrogen-bond donors (Lipinski definition) is 2. The summed E-state index contributed by atoms with van der Waals surface area (Å²) in [5.41, 5.74) is 1.02. The number of nitrogens with zero attached hydrogens (tertiary/aromatic N) is 2. The molecule has 1 atom stereocenters. The maximum atomic E-state index is 12.9. The van der Waals surface area contributed by atoms with E-state index in [1.165, 1.54) is 12.1 Å². The van der Waals surface area contributed by atoms with Crippen molar-refractivity contribution >= 4 is 21.8 Å². The number of amides is 1. The standard InChI is InChI=1S/C14H14BrFN4O/c15-12-8-20(11-3-1-9(16)2-4-11)19-13(12)14(21)18-10-5-6-17-7-10/h1-4,8,10,17H,5-7H2,(H,18,21). The molecule has 110 valence electrons. The lowest BCUT2D eigenvalue weighted by Gasteiger charge is -2.09. The molecule has 7 heteroatoms. The van der Waals surface area contributed by atoms with Gasteiger partial charge in [-0.2, -0.15) is 5.10 Å². The molecule has 1 aliphatic rings. The van der Waals surface area contributed by atoms with Crippen LogP contribution in [0.15, 0.2) is 34.9 Å². The van der Waals surface area contributed by atoms with Crippen LogP contribution in [0.25, 0.3) is 5.69 Å². The molecule has 1 saturated heterocycles. The zero-order valence-corrected chi connectivity index (χ0v) is 12.7. The summed E-state index contributed by atoms with van der Waals surface area (Å²) in [7, 11) is 0. The molecule has 0 aliphatic carbocycles. The van der Waals surface area contributed by atoms with Crippen LogP contribution in [0, 0.1) is 5.82 Å². The predicted molar refractivity (Wildman–Crippen MR) is 80.0 cm³/mol. The molecule has 0 saturated carbocycles. The molecule has 1 aromatic carbocycles. The second-order valence-corrected chi connectivity index (χ2v) is 5.76. The summed E-state index contributed by atoms with van der Waals surface area (Å²) in [6.07, 6.45) is 2.61. The van der Waals surface area contributed by atoms with Crippen LogP contribution in [-0.4, -0.2) is 34.8 Å². The van der Waals surface area contributed by atoms with E-state index < -0.39 is 0 Å². The molecule has 1 aliphatic heterocycles. The quantitative estimate of drug-likeness (QED) is 0.886. The van der Waals surface area contributed by atoms with Crippen LogP contribution in [-0.2, 0) is 0 Å². The van der Waals surface area contributed by atoms with E-state index in [-0.39, 0.29) is 17.8 Å². The van der Waals surface area contributed by atoms with Gasteiger partial charge in [-0.3, -0.25) is 4.79 Å². The van der Waals surface area contributed by atoms with Crippen molar-refractivity contribution in [1.29, 1.82) is 0 Å². The van der Waals surface area contributed by atoms with Gasteiger partial charge in [0.05, 0.1) is 10.2 Å². The van der Waals surface area contributed by atoms with Gasteiger partial charge in [0.1, 0.15) is 5.82 Å². The van der Waals surface area contributed by atoms with Crippen LogP contribution in [0.3, 0.4) is 0 Å². The fourth-order valence-corrected chi connectivity index (χ4v) is 2.72. The van der Waals surface area contributed by atoms with Crippen molar-refractivity contribution in [3.05, 3.63) is 46.4 Å². The molecule has 1 aromatic heterocycles. The summed E-state index contributed by atoms with van der Waals surface area (Å²) in [6, 6.07) is 6.07. The SMILES string of the molecule is O=C(NC1CCNC1)c1nn(-c2ccc(F)cc2)cc1Br. The highest BCUT2D eigenvalue weighted by Gasteiger charge is 2.21. The van der Waals surface area contributed by atoms with Crippen LogP contribution in [0.4, 0.5) is 4.39 Å². The molecule has 0 spiro atoms. The summed E-state index contributed by atoms with van der Waals surface area (Å²) in [5, 5.41) is 10.4. The largest absolute Gasteiger partial charge is 0.347 e. The van der Waals surface area contributed by atoms with Gasteiger partial charge in [0.2, 0.25) is 0 Å². The van der Waals surface area contributed by atoms with Gasteiger partial charge in [-0.1, -0.05) is 0 Å². The Morgan fingerprint density at radius 1 is 1.43 bits per heavy atom. The monoisotopic (exact) mass is 352 g/mol. The number of aromatic nitrogens is 2. The Bertz CT molecular complexity index is 649. The van der Waals surface area contributed by atoms with Gasteiger partial charge in [-0.05, 0) is 53.2 Å². The van der Waals surface area contributed by atoms with Gasteiger partial charge in [-0.25, -0.2) is 9.07 Å². The number of halogens is 2. The van der Waals surface area contributed by atoms with Gasteiger partial charge in [0.25, 0.3) is 5.91 Å². The molecule has 0 radical (unpaired) electrons. The minimum atomic E-state index is -0.309. The third-order valence-electron chi connectivity index (χ3n) is 3.37. The fraction of sp³-hybridized carbons (Fsp3) is 0.286. The Balaban J connectivity index is 1.80. The predicted octanol–water partition coefficient (Wildman–Crippen LogP) is 1.87. The number of carbonyl (C=O) groups excluding carboxylic acids is 1. The van der Waals surface area contributed by atoms with Crippen molar-refractivity contribution in [2.24, 2.45) is 0 Å². The Hall–Kier alpha value is -1.73. The lowest BCUT2D eigenvalue weighted by Crippen LogP contribution is -2.36. The first-order valence-corrected chi connectivity index (χ1v) is 7.45. The Kier molecular flexibility index (Phi) is 4.03. The van der Waals surface area contributed by atoms with Gasteiger partial charge in [0, 0.05) is 18.8 Å². The first-order chi connectivity index (χ1) is 10.1. The second-order valence-electron chi connectivity index (χ2n) is 4.91. The fourth-order valence-electron chi connectivity index (χ4n) is 2.26. The average Bonchev–Trinajstić information content (AvgIpc) is 3.09. The van der Waals surface area contributed by atoms with E-state index in [2.05, 4.69) is 31.7 Å². The summed E-state index contributed by atoms with van der Waals surface area (Å²) >= 11 is 3.35. The van der Waals surface area contributed by atoms with Crippen LogP contribution >= 0.6 is 15.9 Å². The van der Waals surface area contributed by atoms with E-state index in [0.717, 1.165) is 19.5 Å². The van der Waals surface area contributed by atoms with Crippen LogP contribution in [0.2, 0.25) is 0 Å². The number of carbonyl (C=O) groups is 1. The van der Waals surface area contributed by atoms with E-state index in [1.807, 2.05) is 0 Å². The lowest BCUT2D eigenvalue weighted by molar-refractivity contribution is 0.0934. The molecule has 3 rings (SSSR count). The highest BCUT2D eigenvalue weighted by atomic mass is 79.9. The number of hydrogen-bond acceptors (Lipinski definition) is 3. The Morgan fingerprint density at radius 2 is 2.19 bits per heavy atom. The van der Waals surface area contributed by atoms with Crippen LogP contribution in [0.5, 0.6) is 0 Å². The van der Waals surface area contributed by atoms with E-state index >= 15 is 0 Å². The van der Waals surface area contributed by atoms with E-state index in [0.29, 0.717) is 15.9 Å². The highest BCUT2D eigenvalue weighted by Crippen LogP contribution is 2.18. The molecule has 2 aromatic rings. The molecule has 2 heterocycles. The molecule has 1 unspecified atom stereocenters. The summed E-state index contributed by atoms with van der Waals surface area (Å²) < 4.78 is 15.1. The van der Waals surface area contributed by atoms with Crippen molar-refractivity contribution in [3.8, 4) is 5.69 Å². The van der Waals surface area contributed by atoms with Gasteiger partial charge < -0.3 is 10.6 Å². The van der Waals surface area contributed by atoms with E-state index in [1.54, 1.807) is 23.0 Å². The average molecular weight is 353 g/mol. The van der Waals surface area contributed by atoms with Gasteiger partial charge in [0.15, 0.2) is 5.69 Å². The smallest absolute Gasteiger partial charge is 0.273 e. The highest BCUT2D eigenvalue weighted by molar-refractivity contribution is 9.10. The summed E-state index contributed by atoms with van der Waals surface area (Å²) in [6.45, 7) is 1.69. The molecular formula is C14H14BrFN4O. The lowest BCUT2D eigenvalue weighted by atomic mass is 10.2. The zero-order valence-electron chi connectivity index (χ0n) is 11.1. The van der Waals surface area contributed by atoms with Gasteiger partial charge >= 0.3 is 0 Å². The zero-order chi connectivity index (χ0) is 14.8. The topological polar surface area (TPSA) is 59.0 Å². The van der Waals surface area contributed by atoms with Crippen molar-refractivity contribution in [2.75, 3.05) is 13.1 Å². The van der Waals surface area contributed by atoms with E-state index in [4.69, 9.17) is 0 Å².